The predicted molar refractivity (Wildman–Crippen MR) is 134 cm³/mol. The third kappa shape index (κ3) is 4.83. The summed E-state index contributed by atoms with van der Waals surface area (Å²) in [5.74, 6) is 1.37. The van der Waals surface area contributed by atoms with Crippen LogP contribution >= 0.6 is 0 Å². The maximum atomic E-state index is 13.5. The van der Waals surface area contributed by atoms with Gasteiger partial charge in [-0.1, -0.05) is 84.0 Å². The minimum Gasteiger partial charge on any atom is -0.299 e. The van der Waals surface area contributed by atoms with Gasteiger partial charge in [0.2, 0.25) is 0 Å². The second-order valence-corrected chi connectivity index (χ2v) is 8.31. The molecule has 0 saturated heterocycles. The van der Waals surface area contributed by atoms with Gasteiger partial charge in [-0.2, -0.15) is 0 Å². The van der Waals surface area contributed by atoms with Gasteiger partial charge in [-0.25, -0.2) is 9.37 Å². The molecule has 1 aromatic heterocycles. The Labute approximate surface area is 191 Å². The molecule has 4 aromatic rings. The Hall–Kier alpha value is -3.20. The Bertz CT molecular complexity index is 1110. The minimum absolute atomic E-state index is 0.213. The van der Waals surface area contributed by atoms with Gasteiger partial charge in [0, 0.05) is 18.0 Å². The predicted octanol–water partition coefficient (Wildman–Crippen LogP) is 8.62. The molecule has 0 N–H and O–H groups in total. The highest BCUT2D eigenvalue weighted by atomic mass is 19.1. The number of hydrogen-bond donors (Lipinski definition) is 0. The van der Waals surface area contributed by atoms with Crippen molar-refractivity contribution >= 4 is 0 Å². The van der Waals surface area contributed by atoms with Crippen LogP contribution in [0, 0.1) is 5.82 Å². The molecule has 3 aromatic carbocycles. The quantitative estimate of drug-likeness (QED) is 0.311. The largest absolute Gasteiger partial charge is 0.299 e. The van der Waals surface area contributed by atoms with Gasteiger partial charge in [-0.3, -0.25) is 4.57 Å². The molecule has 0 saturated carbocycles. The van der Waals surface area contributed by atoms with Gasteiger partial charge >= 0.3 is 0 Å². The molecule has 0 aliphatic heterocycles. The number of hydrogen-bond acceptors (Lipinski definition) is 1. The van der Waals surface area contributed by atoms with Crippen molar-refractivity contribution in [3.8, 4) is 28.2 Å². The lowest BCUT2D eigenvalue weighted by Crippen LogP contribution is -2.08. The molecule has 0 radical (unpaired) electrons. The number of rotatable bonds is 5. The Morgan fingerprint density at radius 3 is 1.81 bits per heavy atom. The average Bonchev–Trinajstić information content (AvgIpc) is 3.30. The van der Waals surface area contributed by atoms with Crippen molar-refractivity contribution in [1.82, 2.24) is 9.55 Å². The van der Waals surface area contributed by atoms with Crippen molar-refractivity contribution in [2.45, 2.75) is 53.4 Å². The number of benzene rings is 3. The van der Waals surface area contributed by atoms with Crippen LogP contribution in [0.2, 0.25) is 0 Å². The first-order valence-electron chi connectivity index (χ1n) is 11.5. The third-order valence-corrected chi connectivity index (χ3v) is 5.50. The molecule has 166 valence electrons. The molecule has 0 spiro atoms. The normalized spacial score (nSPS) is 10.9. The zero-order valence-corrected chi connectivity index (χ0v) is 19.9. The summed E-state index contributed by atoms with van der Waals surface area (Å²) in [4.78, 5) is 4.68. The minimum atomic E-state index is -0.213. The molecule has 0 bridgehead atoms. The fourth-order valence-corrected chi connectivity index (χ4v) is 3.93. The molecule has 4 rings (SSSR count). The second kappa shape index (κ2) is 10.4. The highest BCUT2D eigenvalue weighted by Crippen LogP contribution is 2.37. The molecule has 0 fully saturated rings. The summed E-state index contributed by atoms with van der Waals surface area (Å²) in [6, 6.07) is 21.5. The SMILES string of the molecule is CC.CC(C)c1cc(-c2ccc(F)cc2)cc(C(C)C)c1-n1ccnc1-c1ccccc1. The van der Waals surface area contributed by atoms with Crippen molar-refractivity contribution in [2.75, 3.05) is 0 Å². The fourth-order valence-electron chi connectivity index (χ4n) is 3.93. The number of aromatic nitrogens is 2. The van der Waals surface area contributed by atoms with Gasteiger partial charge in [-0.15, -0.1) is 0 Å². The topological polar surface area (TPSA) is 17.8 Å². The van der Waals surface area contributed by atoms with Crippen LogP contribution < -0.4 is 0 Å². The molecule has 3 heteroatoms. The summed E-state index contributed by atoms with van der Waals surface area (Å²) in [5.41, 5.74) is 6.95. The van der Waals surface area contributed by atoms with Crippen LogP contribution in [-0.2, 0) is 0 Å². The van der Waals surface area contributed by atoms with Crippen LogP contribution in [0.25, 0.3) is 28.2 Å². The zero-order valence-electron chi connectivity index (χ0n) is 19.9. The van der Waals surface area contributed by atoms with Crippen LogP contribution in [0.4, 0.5) is 4.39 Å². The third-order valence-electron chi connectivity index (χ3n) is 5.50. The van der Waals surface area contributed by atoms with E-state index < -0.39 is 0 Å². The summed E-state index contributed by atoms with van der Waals surface area (Å²) >= 11 is 0. The van der Waals surface area contributed by atoms with Crippen LogP contribution in [0.5, 0.6) is 0 Å². The van der Waals surface area contributed by atoms with E-state index in [1.54, 1.807) is 0 Å². The summed E-state index contributed by atoms with van der Waals surface area (Å²) in [6.07, 6.45) is 3.91. The standard InChI is InChI=1S/C27H27FN2.C2H6/c1-18(2)24-16-22(20-10-12-23(28)13-11-20)17-25(19(3)4)26(24)30-15-14-29-27(30)21-8-6-5-7-9-21;1-2/h5-19H,1-4H3;1-2H3. The van der Waals surface area contributed by atoms with E-state index in [4.69, 9.17) is 0 Å². The van der Waals surface area contributed by atoms with Crippen molar-refractivity contribution in [3.63, 3.8) is 0 Å². The van der Waals surface area contributed by atoms with E-state index in [0.29, 0.717) is 11.8 Å². The maximum Gasteiger partial charge on any atom is 0.144 e. The molecular weight excluding hydrogens is 395 g/mol. The van der Waals surface area contributed by atoms with Gasteiger partial charge in [0.1, 0.15) is 11.6 Å². The number of imidazole rings is 1. The van der Waals surface area contributed by atoms with Crippen molar-refractivity contribution in [1.29, 1.82) is 0 Å². The molecule has 0 aliphatic carbocycles. The highest BCUT2D eigenvalue weighted by Gasteiger charge is 2.20. The van der Waals surface area contributed by atoms with E-state index in [1.807, 2.05) is 56.6 Å². The maximum absolute atomic E-state index is 13.5. The average molecular weight is 429 g/mol. The lowest BCUT2D eigenvalue weighted by molar-refractivity contribution is 0.628. The Kier molecular flexibility index (Phi) is 7.63. The summed E-state index contributed by atoms with van der Waals surface area (Å²) < 4.78 is 15.7. The van der Waals surface area contributed by atoms with E-state index in [2.05, 4.69) is 61.5 Å². The highest BCUT2D eigenvalue weighted by molar-refractivity contribution is 5.71. The Morgan fingerprint density at radius 2 is 1.28 bits per heavy atom. The van der Waals surface area contributed by atoms with Gasteiger partial charge in [-0.05, 0) is 58.4 Å². The second-order valence-electron chi connectivity index (χ2n) is 8.31. The van der Waals surface area contributed by atoms with Crippen LogP contribution in [0.3, 0.4) is 0 Å². The first kappa shape index (κ1) is 23.5. The molecule has 2 nitrogen and oxygen atoms in total. The first-order valence-corrected chi connectivity index (χ1v) is 11.5. The smallest absolute Gasteiger partial charge is 0.144 e. The Morgan fingerprint density at radius 1 is 0.719 bits per heavy atom. The van der Waals surface area contributed by atoms with Crippen LogP contribution in [-0.4, -0.2) is 9.55 Å². The van der Waals surface area contributed by atoms with Crippen LogP contribution in [0.15, 0.2) is 79.1 Å². The molecular formula is C29H33FN2. The molecule has 0 unspecified atom stereocenters. The van der Waals surface area contributed by atoms with Gasteiger partial charge < -0.3 is 0 Å². The number of nitrogens with zero attached hydrogens (tertiary/aromatic N) is 2. The van der Waals surface area contributed by atoms with E-state index in [9.17, 15) is 4.39 Å². The van der Waals surface area contributed by atoms with E-state index in [-0.39, 0.29) is 5.82 Å². The van der Waals surface area contributed by atoms with Crippen molar-refractivity contribution in [3.05, 3.63) is 96.1 Å². The lowest BCUT2D eigenvalue weighted by Gasteiger charge is -2.23. The Balaban J connectivity index is 0.00000141. The molecule has 0 atom stereocenters. The van der Waals surface area contributed by atoms with Crippen LogP contribution in [0.1, 0.15) is 64.5 Å². The van der Waals surface area contributed by atoms with Crippen molar-refractivity contribution < 1.29 is 4.39 Å². The zero-order chi connectivity index (χ0) is 23.3. The summed E-state index contributed by atoms with van der Waals surface area (Å²) in [6.45, 7) is 12.9. The summed E-state index contributed by atoms with van der Waals surface area (Å²) in [5, 5.41) is 0. The van der Waals surface area contributed by atoms with Gasteiger partial charge in [0.05, 0.1) is 5.69 Å². The summed E-state index contributed by atoms with van der Waals surface area (Å²) in [7, 11) is 0. The first-order chi connectivity index (χ1) is 15.5. The molecule has 32 heavy (non-hydrogen) atoms. The molecule has 0 aliphatic rings. The fraction of sp³-hybridized carbons (Fsp3) is 0.276. The lowest BCUT2D eigenvalue weighted by atomic mass is 9.88. The van der Waals surface area contributed by atoms with E-state index in [0.717, 1.165) is 22.5 Å². The van der Waals surface area contributed by atoms with E-state index >= 15 is 0 Å². The molecule has 1 heterocycles. The van der Waals surface area contributed by atoms with Crippen molar-refractivity contribution in [2.24, 2.45) is 0 Å². The number of halogens is 1. The van der Waals surface area contributed by atoms with Gasteiger partial charge in [0.15, 0.2) is 0 Å². The van der Waals surface area contributed by atoms with E-state index in [1.165, 1.54) is 28.9 Å². The molecule has 0 amide bonds. The van der Waals surface area contributed by atoms with Gasteiger partial charge in [0.25, 0.3) is 0 Å². The monoisotopic (exact) mass is 428 g/mol.